The van der Waals surface area contributed by atoms with Gasteiger partial charge in [-0.05, 0) is 46.1 Å². The number of carbonyl (C=O) groups is 1. The van der Waals surface area contributed by atoms with Crippen molar-refractivity contribution in [3.63, 3.8) is 0 Å². The van der Waals surface area contributed by atoms with E-state index in [4.69, 9.17) is 16.3 Å². The van der Waals surface area contributed by atoms with E-state index in [1.807, 2.05) is 20.8 Å². The van der Waals surface area contributed by atoms with Crippen LogP contribution in [0.15, 0.2) is 12.3 Å². The normalized spacial score (nSPS) is 18.9. The van der Waals surface area contributed by atoms with E-state index < -0.39 is 5.60 Å². The molecule has 1 aromatic heterocycles. The molecule has 7 heteroatoms. The van der Waals surface area contributed by atoms with Crippen molar-refractivity contribution in [1.29, 1.82) is 0 Å². The summed E-state index contributed by atoms with van der Waals surface area (Å²) < 4.78 is 5.49. The maximum absolute atomic E-state index is 12.3. The molecule has 122 valence electrons. The van der Waals surface area contributed by atoms with Gasteiger partial charge in [0.05, 0.1) is 6.04 Å². The van der Waals surface area contributed by atoms with Crippen LogP contribution in [0.2, 0.25) is 5.15 Å². The molecule has 1 aliphatic heterocycles. The Morgan fingerprint density at radius 1 is 1.50 bits per heavy atom. The van der Waals surface area contributed by atoms with Crippen LogP contribution >= 0.6 is 11.6 Å². The molecular formula is C15H23ClN4O2. The quantitative estimate of drug-likeness (QED) is 0.863. The number of nitrogens with one attached hydrogen (secondary N) is 1. The fourth-order valence-electron chi connectivity index (χ4n) is 2.40. The molecule has 1 saturated heterocycles. The van der Waals surface area contributed by atoms with Gasteiger partial charge in [-0.25, -0.2) is 14.8 Å². The number of halogens is 1. The SMILES string of the molecule is CC(C)(C)OC(=O)N1CCCC[C@@H]1CNc1nccc(Cl)n1. The number of carbonyl (C=O) groups excluding carboxylic acids is 1. The molecule has 0 radical (unpaired) electrons. The average molecular weight is 327 g/mol. The van der Waals surface area contributed by atoms with Crippen molar-refractivity contribution in [1.82, 2.24) is 14.9 Å². The van der Waals surface area contributed by atoms with Gasteiger partial charge in [0.15, 0.2) is 0 Å². The third kappa shape index (κ3) is 5.02. The minimum atomic E-state index is -0.484. The summed E-state index contributed by atoms with van der Waals surface area (Å²) in [5.41, 5.74) is -0.484. The lowest BCUT2D eigenvalue weighted by molar-refractivity contribution is 0.0114. The molecule has 2 heterocycles. The summed E-state index contributed by atoms with van der Waals surface area (Å²) in [7, 11) is 0. The smallest absolute Gasteiger partial charge is 0.410 e. The maximum Gasteiger partial charge on any atom is 0.410 e. The molecule has 1 aromatic rings. The molecule has 1 amide bonds. The molecule has 0 bridgehead atoms. The first-order valence-corrected chi connectivity index (χ1v) is 7.95. The van der Waals surface area contributed by atoms with E-state index in [0.717, 1.165) is 25.8 Å². The van der Waals surface area contributed by atoms with Crippen LogP contribution in [0.25, 0.3) is 0 Å². The van der Waals surface area contributed by atoms with Gasteiger partial charge < -0.3 is 15.0 Å². The Labute approximate surface area is 136 Å². The summed E-state index contributed by atoms with van der Waals surface area (Å²) in [4.78, 5) is 22.3. The number of amides is 1. The molecule has 0 saturated carbocycles. The lowest BCUT2D eigenvalue weighted by Crippen LogP contribution is -2.49. The zero-order valence-electron chi connectivity index (χ0n) is 13.3. The summed E-state index contributed by atoms with van der Waals surface area (Å²) in [6.45, 7) is 6.93. The third-order valence-electron chi connectivity index (χ3n) is 3.37. The minimum Gasteiger partial charge on any atom is -0.444 e. The van der Waals surface area contributed by atoms with Gasteiger partial charge in [0.1, 0.15) is 10.8 Å². The first kappa shape index (κ1) is 16.8. The van der Waals surface area contributed by atoms with Gasteiger partial charge >= 0.3 is 6.09 Å². The van der Waals surface area contributed by atoms with Crippen LogP contribution in [-0.2, 0) is 4.74 Å². The van der Waals surface area contributed by atoms with Crippen molar-refractivity contribution in [2.45, 2.75) is 51.7 Å². The lowest BCUT2D eigenvalue weighted by atomic mass is 10.0. The van der Waals surface area contributed by atoms with Crippen LogP contribution in [0.1, 0.15) is 40.0 Å². The molecule has 0 spiro atoms. The highest BCUT2D eigenvalue weighted by molar-refractivity contribution is 6.29. The van der Waals surface area contributed by atoms with E-state index >= 15 is 0 Å². The van der Waals surface area contributed by atoms with Crippen molar-refractivity contribution in [3.05, 3.63) is 17.4 Å². The van der Waals surface area contributed by atoms with E-state index in [-0.39, 0.29) is 12.1 Å². The van der Waals surface area contributed by atoms with Gasteiger partial charge in [-0.3, -0.25) is 0 Å². The largest absolute Gasteiger partial charge is 0.444 e. The Bertz CT molecular complexity index is 519. The molecule has 0 unspecified atom stereocenters. The monoisotopic (exact) mass is 326 g/mol. The van der Waals surface area contributed by atoms with E-state index in [9.17, 15) is 4.79 Å². The van der Waals surface area contributed by atoms with Crippen molar-refractivity contribution in [3.8, 4) is 0 Å². The summed E-state index contributed by atoms with van der Waals surface area (Å²) >= 11 is 5.84. The summed E-state index contributed by atoms with van der Waals surface area (Å²) in [6.07, 6.45) is 4.38. The van der Waals surface area contributed by atoms with Crippen LogP contribution in [-0.4, -0.2) is 45.7 Å². The second-order valence-corrected chi connectivity index (χ2v) is 6.79. The fourth-order valence-corrected chi connectivity index (χ4v) is 2.54. The van der Waals surface area contributed by atoms with E-state index in [1.54, 1.807) is 17.2 Å². The Balaban J connectivity index is 1.96. The first-order valence-electron chi connectivity index (χ1n) is 7.57. The topological polar surface area (TPSA) is 67.3 Å². The van der Waals surface area contributed by atoms with E-state index in [1.165, 1.54) is 0 Å². The van der Waals surface area contributed by atoms with Crippen molar-refractivity contribution in [2.24, 2.45) is 0 Å². The van der Waals surface area contributed by atoms with Gasteiger partial charge in [0.25, 0.3) is 0 Å². The second-order valence-electron chi connectivity index (χ2n) is 6.41. The molecule has 1 atom stereocenters. The molecular weight excluding hydrogens is 304 g/mol. The first-order chi connectivity index (χ1) is 10.3. The molecule has 0 aromatic carbocycles. The number of hydrogen-bond acceptors (Lipinski definition) is 5. The zero-order valence-corrected chi connectivity index (χ0v) is 14.1. The molecule has 1 aliphatic rings. The van der Waals surface area contributed by atoms with E-state index in [2.05, 4.69) is 15.3 Å². The third-order valence-corrected chi connectivity index (χ3v) is 3.58. The number of ether oxygens (including phenoxy) is 1. The fraction of sp³-hybridized carbons (Fsp3) is 0.667. The van der Waals surface area contributed by atoms with Crippen molar-refractivity contribution < 1.29 is 9.53 Å². The second kappa shape index (κ2) is 7.13. The Kier molecular flexibility index (Phi) is 5.45. The van der Waals surface area contributed by atoms with Gasteiger partial charge in [-0.1, -0.05) is 11.6 Å². The predicted octanol–water partition coefficient (Wildman–Crippen LogP) is 3.33. The summed E-state index contributed by atoms with van der Waals surface area (Å²) in [6, 6.07) is 1.70. The van der Waals surface area contributed by atoms with Crippen molar-refractivity contribution in [2.75, 3.05) is 18.4 Å². The van der Waals surface area contributed by atoms with Crippen LogP contribution in [0, 0.1) is 0 Å². The van der Waals surface area contributed by atoms with Crippen LogP contribution in [0.4, 0.5) is 10.7 Å². The van der Waals surface area contributed by atoms with Gasteiger partial charge in [0, 0.05) is 19.3 Å². The standard InChI is InChI=1S/C15H23ClN4O2/c1-15(2,3)22-14(21)20-9-5-4-6-11(20)10-18-13-17-8-7-12(16)19-13/h7-8,11H,4-6,9-10H2,1-3H3,(H,17,18,19)/t11-/m1/s1. The molecule has 2 rings (SSSR count). The van der Waals surface area contributed by atoms with Crippen molar-refractivity contribution >= 4 is 23.6 Å². The van der Waals surface area contributed by atoms with Crippen LogP contribution in [0.5, 0.6) is 0 Å². The van der Waals surface area contributed by atoms with Gasteiger partial charge in [0.2, 0.25) is 5.95 Å². The average Bonchev–Trinajstić information content (AvgIpc) is 2.44. The molecule has 0 aliphatic carbocycles. The van der Waals surface area contributed by atoms with Crippen LogP contribution in [0.3, 0.4) is 0 Å². The summed E-state index contributed by atoms with van der Waals surface area (Å²) in [5, 5.41) is 3.54. The Morgan fingerprint density at radius 2 is 2.27 bits per heavy atom. The number of hydrogen-bond donors (Lipinski definition) is 1. The lowest BCUT2D eigenvalue weighted by Gasteiger charge is -2.36. The van der Waals surface area contributed by atoms with E-state index in [0.29, 0.717) is 17.6 Å². The highest BCUT2D eigenvalue weighted by Gasteiger charge is 2.30. The Morgan fingerprint density at radius 3 is 2.95 bits per heavy atom. The summed E-state index contributed by atoms with van der Waals surface area (Å²) in [5.74, 6) is 0.474. The molecule has 1 N–H and O–H groups in total. The molecule has 6 nitrogen and oxygen atoms in total. The number of rotatable bonds is 3. The number of piperidine rings is 1. The number of likely N-dealkylation sites (tertiary alicyclic amines) is 1. The molecule has 22 heavy (non-hydrogen) atoms. The zero-order chi connectivity index (χ0) is 16.2. The Hall–Kier alpha value is -1.56. The molecule has 1 fully saturated rings. The van der Waals surface area contributed by atoms with Gasteiger partial charge in [-0.2, -0.15) is 0 Å². The number of aromatic nitrogens is 2. The van der Waals surface area contributed by atoms with Gasteiger partial charge in [-0.15, -0.1) is 0 Å². The minimum absolute atomic E-state index is 0.0752. The number of anilines is 1. The van der Waals surface area contributed by atoms with Crippen LogP contribution < -0.4 is 5.32 Å². The highest BCUT2D eigenvalue weighted by atomic mass is 35.5. The maximum atomic E-state index is 12.3. The highest BCUT2D eigenvalue weighted by Crippen LogP contribution is 2.20. The predicted molar refractivity (Wildman–Crippen MR) is 86.1 cm³/mol. The number of nitrogens with zero attached hydrogens (tertiary/aromatic N) is 3.